The molecule has 1 aliphatic heterocycles. The van der Waals surface area contributed by atoms with Gasteiger partial charge in [-0.05, 0) is 6.08 Å². The van der Waals surface area contributed by atoms with Crippen LogP contribution in [-0.4, -0.2) is 77.2 Å². The topological polar surface area (TPSA) is 181 Å². The molecule has 0 saturated heterocycles. The maximum Gasteiger partial charge on any atom is 0.370 e. The van der Waals surface area contributed by atoms with Crippen LogP contribution in [-0.2, 0) is 19.1 Å². The van der Waals surface area contributed by atoms with Crippen molar-refractivity contribution in [2.75, 3.05) is 14.1 Å². The van der Waals surface area contributed by atoms with Crippen LogP contribution in [0.15, 0.2) is 16.8 Å². The molecule has 4 atom stereocenters. The molecule has 0 aromatic rings. The quantitative estimate of drug-likeness (QED) is 0.258. The zero-order valence-electron chi connectivity index (χ0n) is 13.5. The van der Waals surface area contributed by atoms with Crippen LogP contribution < -0.4 is 16.8 Å². The molecule has 0 bridgehead atoms. The van der Waals surface area contributed by atoms with Crippen LogP contribution in [0.3, 0.4) is 0 Å². The lowest BCUT2D eigenvalue weighted by atomic mass is 9.94. The molecule has 1 heterocycles. The maximum atomic E-state index is 12.0. The lowest BCUT2D eigenvalue weighted by Crippen LogP contribution is -2.60. The normalized spacial score (nSPS) is 24.0. The van der Waals surface area contributed by atoms with Crippen LogP contribution in [0.5, 0.6) is 0 Å². The van der Waals surface area contributed by atoms with Crippen molar-refractivity contribution in [3.05, 3.63) is 11.8 Å². The van der Waals surface area contributed by atoms with E-state index in [4.69, 9.17) is 21.3 Å². The average Bonchev–Trinajstić information content (AvgIpc) is 2.45. The fourth-order valence-electron chi connectivity index (χ4n) is 2.19. The lowest BCUT2D eigenvalue weighted by Gasteiger charge is -2.37. The number of aliphatic imine (C=N–C) groups is 1. The summed E-state index contributed by atoms with van der Waals surface area (Å²) in [6.07, 6.45) is -2.05. The molecule has 134 valence electrons. The predicted octanol–water partition coefficient (Wildman–Crippen LogP) is -3.05. The predicted molar refractivity (Wildman–Crippen MR) is 82.5 cm³/mol. The molecule has 2 amide bonds. The molecule has 0 saturated carbocycles. The first kappa shape index (κ1) is 19.2. The number of aliphatic carboxylic acids is 1. The molecule has 0 fully saturated rings. The van der Waals surface area contributed by atoms with E-state index in [2.05, 4.69) is 10.3 Å². The summed E-state index contributed by atoms with van der Waals surface area (Å²) in [5.74, 6) is -3.55. The second-order valence-corrected chi connectivity index (χ2v) is 5.37. The van der Waals surface area contributed by atoms with Crippen LogP contribution in [0.4, 0.5) is 0 Å². The van der Waals surface area contributed by atoms with Crippen molar-refractivity contribution < 1.29 is 29.3 Å². The van der Waals surface area contributed by atoms with Crippen LogP contribution in [0.1, 0.15) is 6.92 Å². The third kappa shape index (κ3) is 4.59. The molecule has 1 aliphatic rings. The Labute approximate surface area is 137 Å². The number of carbonyl (C=O) groups is 3. The Morgan fingerprint density at radius 3 is 2.38 bits per heavy atom. The van der Waals surface area contributed by atoms with Gasteiger partial charge in [0.05, 0.1) is 12.1 Å². The Morgan fingerprint density at radius 2 is 1.96 bits per heavy atom. The minimum Gasteiger partial charge on any atom is -0.478 e. The van der Waals surface area contributed by atoms with Gasteiger partial charge < -0.3 is 36.6 Å². The van der Waals surface area contributed by atoms with Gasteiger partial charge >= 0.3 is 5.97 Å². The fraction of sp³-hybridized carbons (Fsp3) is 0.538. The molecular formula is C13H21N5O6. The van der Waals surface area contributed by atoms with E-state index in [1.165, 1.54) is 21.0 Å². The number of rotatable bonds is 5. The van der Waals surface area contributed by atoms with Crippen molar-refractivity contribution in [3.63, 3.8) is 0 Å². The summed E-state index contributed by atoms with van der Waals surface area (Å²) >= 11 is 0. The van der Waals surface area contributed by atoms with Crippen molar-refractivity contribution in [1.82, 2.24) is 10.2 Å². The van der Waals surface area contributed by atoms with Gasteiger partial charge in [-0.3, -0.25) is 9.59 Å². The third-order valence-electron chi connectivity index (χ3n) is 3.19. The number of nitrogens with zero attached hydrogens (tertiary/aromatic N) is 2. The second kappa shape index (κ2) is 7.64. The van der Waals surface area contributed by atoms with Crippen molar-refractivity contribution >= 4 is 23.7 Å². The van der Waals surface area contributed by atoms with Gasteiger partial charge in [-0.1, -0.05) is 0 Å². The molecule has 0 radical (unpaired) electrons. The molecule has 0 aromatic heterocycles. The summed E-state index contributed by atoms with van der Waals surface area (Å²) < 4.78 is 5.20. The summed E-state index contributed by atoms with van der Waals surface area (Å²) in [5.41, 5.74) is 10.7. The highest BCUT2D eigenvalue weighted by molar-refractivity contribution is 5.86. The number of aliphatic hydroxyl groups excluding tert-OH is 1. The van der Waals surface area contributed by atoms with E-state index >= 15 is 0 Å². The zero-order valence-corrected chi connectivity index (χ0v) is 13.5. The van der Waals surface area contributed by atoms with Crippen LogP contribution in [0.2, 0.25) is 0 Å². The number of carboxylic acids is 1. The molecule has 0 aliphatic carbocycles. The van der Waals surface area contributed by atoms with E-state index in [9.17, 15) is 19.5 Å². The highest BCUT2D eigenvalue weighted by Gasteiger charge is 2.44. The first-order chi connectivity index (χ1) is 11.0. The fourth-order valence-corrected chi connectivity index (χ4v) is 2.19. The SMILES string of the molecule is CC(=O)N[C@H]1[C@H]([C@H](O)C(=O)N(C)C)OC(C(=O)O)=C[C@@H]1N=C(N)N. The monoisotopic (exact) mass is 343 g/mol. The molecule has 11 heteroatoms. The van der Waals surface area contributed by atoms with Crippen molar-refractivity contribution in [2.24, 2.45) is 16.5 Å². The molecule has 24 heavy (non-hydrogen) atoms. The Balaban J connectivity index is 3.33. The van der Waals surface area contributed by atoms with Crippen LogP contribution in [0.25, 0.3) is 0 Å². The molecule has 0 spiro atoms. The van der Waals surface area contributed by atoms with Gasteiger partial charge in [0.25, 0.3) is 5.91 Å². The molecule has 7 N–H and O–H groups in total. The first-order valence-electron chi connectivity index (χ1n) is 6.91. The molecule has 11 nitrogen and oxygen atoms in total. The Hall–Kier alpha value is -2.82. The average molecular weight is 343 g/mol. The van der Waals surface area contributed by atoms with Crippen LogP contribution in [0, 0.1) is 0 Å². The van der Waals surface area contributed by atoms with Gasteiger partial charge in [-0.15, -0.1) is 0 Å². The Morgan fingerprint density at radius 1 is 1.38 bits per heavy atom. The minimum atomic E-state index is -1.74. The number of carboxylic acid groups (broad SMARTS) is 1. The van der Waals surface area contributed by atoms with E-state index in [1.54, 1.807) is 0 Å². The highest BCUT2D eigenvalue weighted by Crippen LogP contribution is 2.24. The van der Waals surface area contributed by atoms with E-state index in [0.29, 0.717) is 0 Å². The summed E-state index contributed by atoms with van der Waals surface area (Å²) in [6.45, 7) is 1.21. The number of carbonyl (C=O) groups excluding carboxylic acids is 2. The van der Waals surface area contributed by atoms with E-state index in [1.807, 2.05) is 0 Å². The summed E-state index contributed by atoms with van der Waals surface area (Å²) in [7, 11) is 2.81. The van der Waals surface area contributed by atoms with E-state index < -0.39 is 47.8 Å². The van der Waals surface area contributed by atoms with Gasteiger partial charge in [0.2, 0.25) is 11.7 Å². The standard InChI is InChI=1S/C13H21N5O6/c1-5(19)16-8-6(17-13(14)15)4-7(12(22)23)24-10(8)9(20)11(21)18(2)3/h4,6,8-10,20H,1-3H3,(H,16,19)(H,22,23)(H4,14,15,17)/t6-,8+,9-,10+/m0/s1. The molecule has 1 rings (SSSR count). The number of hydrogen-bond acceptors (Lipinski definition) is 6. The third-order valence-corrected chi connectivity index (χ3v) is 3.19. The van der Waals surface area contributed by atoms with Crippen LogP contribution >= 0.6 is 0 Å². The number of guanidine groups is 1. The lowest BCUT2D eigenvalue weighted by molar-refractivity contribution is -0.152. The number of nitrogens with two attached hydrogens (primary N) is 2. The first-order valence-corrected chi connectivity index (χ1v) is 6.91. The second-order valence-electron chi connectivity index (χ2n) is 5.37. The van der Waals surface area contributed by atoms with Gasteiger partial charge in [-0.2, -0.15) is 0 Å². The van der Waals surface area contributed by atoms with E-state index in [-0.39, 0.29) is 5.96 Å². The number of amides is 2. The van der Waals surface area contributed by atoms with Gasteiger partial charge in [0.1, 0.15) is 0 Å². The number of hydrogen-bond donors (Lipinski definition) is 5. The number of likely N-dealkylation sites (N-methyl/N-ethyl adjacent to an activating group) is 1. The van der Waals surface area contributed by atoms with Gasteiger partial charge in [0, 0.05) is 21.0 Å². The van der Waals surface area contributed by atoms with Crippen molar-refractivity contribution in [1.29, 1.82) is 0 Å². The van der Waals surface area contributed by atoms with Crippen molar-refractivity contribution in [2.45, 2.75) is 31.2 Å². The van der Waals surface area contributed by atoms with Gasteiger partial charge in [-0.25, -0.2) is 9.79 Å². The Bertz CT molecular complexity index is 583. The summed E-state index contributed by atoms with van der Waals surface area (Å²) in [6, 6.07) is -2.08. The Kier molecular flexibility index (Phi) is 6.12. The largest absolute Gasteiger partial charge is 0.478 e. The van der Waals surface area contributed by atoms with Gasteiger partial charge in [0.15, 0.2) is 18.2 Å². The van der Waals surface area contributed by atoms with E-state index in [0.717, 1.165) is 11.0 Å². The summed E-state index contributed by atoms with van der Waals surface area (Å²) in [4.78, 5) is 39.6. The maximum absolute atomic E-state index is 12.0. The highest BCUT2D eigenvalue weighted by atomic mass is 16.5. The number of aliphatic hydroxyl groups is 1. The zero-order chi connectivity index (χ0) is 18.6. The van der Waals surface area contributed by atoms with Crippen molar-refractivity contribution in [3.8, 4) is 0 Å². The molecule has 0 unspecified atom stereocenters. The number of nitrogens with one attached hydrogen (secondary N) is 1. The molecule has 0 aromatic carbocycles. The molecular weight excluding hydrogens is 322 g/mol. The minimum absolute atomic E-state index is 0.356. The smallest absolute Gasteiger partial charge is 0.370 e. The number of ether oxygens (including phenoxy) is 1. The summed E-state index contributed by atoms with van der Waals surface area (Å²) in [5, 5.41) is 21.9.